The van der Waals surface area contributed by atoms with E-state index >= 15 is 0 Å². The molecule has 0 saturated heterocycles. The lowest BCUT2D eigenvalue weighted by Gasteiger charge is -2.19. The van der Waals surface area contributed by atoms with Crippen molar-refractivity contribution >= 4 is 28.5 Å². The van der Waals surface area contributed by atoms with Crippen LogP contribution >= 0.6 is 0 Å². The van der Waals surface area contributed by atoms with Crippen LogP contribution in [0.3, 0.4) is 0 Å². The lowest BCUT2D eigenvalue weighted by Crippen LogP contribution is -2.31. The Labute approximate surface area is 184 Å². The van der Waals surface area contributed by atoms with Crippen LogP contribution < -0.4 is 16.3 Å². The number of hydrogen-bond acceptors (Lipinski definition) is 4. The van der Waals surface area contributed by atoms with E-state index in [4.69, 9.17) is 4.42 Å². The second kappa shape index (κ2) is 9.31. The van der Waals surface area contributed by atoms with E-state index in [0.717, 1.165) is 16.5 Å². The van der Waals surface area contributed by atoms with Gasteiger partial charge in [0.15, 0.2) is 0 Å². The van der Waals surface area contributed by atoms with E-state index in [1.807, 2.05) is 43.3 Å². The van der Waals surface area contributed by atoms with Crippen molar-refractivity contribution in [1.82, 2.24) is 5.32 Å². The van der Waals surface area contributed by atoms with Crippen molar-refractivity contribution < 1.29 is 14.0 Å². The van der Waals surface area contributed by atoms with Crippen molar-refractivity contribution in [2.75, 3.05) is 5.32 Å². The van der Waals surface area contributed by atoms with Gasteiger partial charge in [-0.2, -0.15) is 0 Å². The van der Waals surface area contributed by atoms with Crippen LogP contribution in [0.2, 0.25) is 0 Å². The zero-order valence-corrected chi connectivity index (χ0v) is 17.5. The summed E-state index contributed by atoms with van der Waals surface area (Å²) in [6, 6.07) is 24.3. The highest BCUT2D eigenvalue weighted by atomic mass is 16.4. The molecule has 2 N–H and O–H groups in total. The van der Waals surface area contributed by atoms with E-state index in [-0.39, 0.29) is 18.2 Å². The summed E-state index contributed by atoms with van der Waals surface area (Å²) in [5.41, 5.74) is 2.64. The third-order valence-corrected chi connectivity index (χ3v) is 5.17. The standard InChI is InChI=1S/C26H22N2O4/c1-17-14-25(30)32-23-15-20(12-13-21(17)23)27-24(29)16-22(18-8-4-2-5-9-18)28-26(31)19-10-6-3-7-11-19/h2-15,22H,16H2,1H3,(H,27,29)(H,28,31)/t22-/m0/s1. The quantitative estimate of drug-likeness (QED) is 0.441. The van der Waals surface area contributed by atoms with Crippen LogP contribution in [0.1, 0.15) is 33.9 Å². The van der Waals surface area contributed by atoms with Gasteiger partial charge in [-0.15, -0.1) is 0 Å². The SMILES string of the molecule is Cc1cc(=O)oc2cc(NC(=O)C[C@H](NC(=O)c3ccccc3)c3ccccc3)ccc12. The molecule has 0 unspecified atom stereocenters. The Bertz CT molecular complexity index is 1310. The number of aryl methyl sites for hydroxylation is 1. The summed E-state index contributed by atoms with van der Waals surface area (Å²) in [5.74, 6) is -0.531. The van der Waals surface area contributed by atoms with Crippen LogP contribution in [0.5, 0.6) is 0 Å². The van der Waals surface area contributed by atoms with Crippen LogP contribution in [-0.4, -0.2) is 11.8 Å². The zero-order chi connectivity index (χ0) is 22.5. The van der Waals surface area contributed by atoms with E-state index in [9.17, 15) is 14.4 Å². The van der Waals surface area contributed by atoms with Gasteiger partial charge in [0, 0.05) is 28.8 Å². The van der Waals surface area contributed by atoms with Crippen LogP contribution in [-0.2, 0) is 4.79 Å². The summed E-state index contributed by atoms with van der Waals surface area (Å²) in [5, 5.41) is 6.59. The number of fused-ring (bicyclic) bond motifs is 1. The van der Waals surface area contributed by atoms with Crippen LogP contribution in [0.25, 0.3) is 11.0 Å². The first kappa shape index (κ1) is 21.1. The molecule has 32 heavy (non-hydrogen) atoms. The molecule has 3 aromatic carbocycles. The fourth-order valence-electron chi connectivity index (χ4n) is 3.57. The largest absolute Gasteiger partial charge is 0.423 e. The first-order valence-corrected chi connectivity index (χ1v) is 10.2. The lowest BCUT2D eigenvalue weighted by molar-refractivity contribution is -0.116. The zero-order valence-electron chi connectivity index (χ0n) is 17.5. The number of nitrogens with one attached hydrogen (secondary N) is 2. The number of rotatable bonds is 6. The maximum absolute atomic E-state index is 12.8. The van der Waals surface area contributed by atoms with Crippen molar-refractivity contribution in [1.29, 1.82) is 0 Å². The minimum Gasteiger partial charge on any atom is -0.423 e. The molecule has 1 aromatic heterocycles. The van der Waals surface area contributed by atoms with Crippen molar-refractivity contribution in [2.24, 2.45) is 0 Å². The number of carbonyl (C=O) groups excluding carboxylic acids is 2. The average molecular weight is 426 g/mol. The number of anilines is 1. The van der Waals surface area contributed by atoms with E-state index in [0.29, 0.717) is 16.8 Å². The van der Waals surface area contributed by atoms with Gasteiger partial charge in [0.05, 0.1) is 12.5 Å². The van der Waals surface area contributed by atoms with E-state index < -0.39 is 11.7 Å². The molecule has 6 heteroatoms. The molecule has 0 aliphatic heterocycles. The molecule has 0 aliphatic rings. The van der Waals surface area contributed by atoms with Gasteiger partial charge in [-0.05, 0) is 42.3 Å². The Morgan fingerprint density at radius 3 is 2.31 bits per heavy atom. The molecule has 0 bridgehead atoms. The van der Waals surface area contributed by atoms with Gasteiger partial charge in [0.2, 0.25) is 5.91 Å². The summed E-state index contributed by atoms with van der Waals surface area (Å²) in [4.78, 5) is 37.2. The maximum Gasteiger partial charge on any atom is 0.336 e. The molecule has 2 amide bonds. The average Bonchev–Trinajstić information content (AvgIpc) is 2.79. The minimum atomic E-state index is -0.510. The van der Waals surface area contributed by atoms with Gasteiger partial charge in [-0.3, -0.25) is 9.59 Å². The molecule has 6 nitrogen and oxygen atoms in total. The molecular weight excluding hydrogens is 404 g/mol. The first-order chi connectivity index (χ1) is 15.5. The highest BCUT2D eigenvalue weighted by Gasteiger charge is 2.19. The van der Waals surface area contributed by atoms with E-state index in [2.05, 4.69) is 10.6 Å². The lowest BCUT2D eigenvalue weighted by atomic mass is 10.0. The van der Waals surface area contributed by atoms with E-state index in [1.165, 1.54) is 6.07 Å². The summed E-state index contributed by atoms with van der Waals surface area (Å²) in [6.45, 7) is 1.83. The Hall–Kier alpha value is -4.19. The normalized spacial score (nSPS) is 11.7. The van der Waals surface area contributed by atoms with E-state index in [1.54, 1.807) is 42.5 Å². The molecule has 1 atom stereocenters. The molecule has 1 heterocycles. The highest BCUT2D eigenvalue weighted by Crippen LogP contribution is 2.22. The Morgan fingerprint density at radius 2 is 1.59 bits per heavy atom. The van der Waals surface area contributed by atoms with Gasteiger partial charge >= 0.3 is 5.63 Å². The van der Waals surface area contributed by atoms with Gasteiger partial charge < -0.3 is 15.1 Å². The molecule has 4 rings (SSSR count). The summed E-state index contributed by atoms with van der Waals surface area (Å²) < 4.78 is 5.25. The van der Waals surface area contributed by atoms with Crippen molar-refractivity contribution in [3.05, 3.63) is 112 Å². The molecular formula is C26H22N2O4. The third kappa shape index (κ3) is 4.92. The number of benzene rings is 3. The molecule has 0 aliphatic carbocycles. The highest BCUT2D eigenvalue weighted by molar-refractivity contribution is 5.96. The predicted molar refractivity (Wildman–Crippen MR) is 124 cm³/mol. The third-order valence-electron chi connectivity index (χ3n) is 5.17. The Kier molecular flexibility index (Phi) is 6.12. The van der Waals surface area contributed by atoms with Gasteiger partial charge in [0.1, 0.15) is 5.58 Å². The molecule has 0 radical (unpaired) electrons. The molecule has 0 fully saturated rings. The van der Waals surface area contributed by atoms with Crippen LogP contribution in [0.4, 0.5) is 5.69 Å². The number of amides is 2. The topological polar surface area (TPSA) is 88.4 Å². The van der Waals surface area contributed by atoms with Crippen LogP contribution in [0, 0.1) is 6.92 Å². The Balaban J connectivity index is 1.53. The minimum absolute atomic E-state index is 0.0401. The fraction of sp³-hybridized carbons (Fsp3) is 0.115. The molecule has 0 saturated carbocycles. The summed E-state index contributed by atoms with van der Waals surface area (Å²) in [7, 11) is 0. The number of carbonyl (C=O) groups is 2. The monoisotopic (exact) mass is 426 g/mol. The maximum atomic E-state index is 12.8. The van der Waals surface area contributed by atoms with Crippen molar-refractivity contribution in [3.63, 3.8) is 0 Å². The smallest absolute Gasteiger partial charge is 0.336 e. The second-order valence-corrected chi connectivity index (χ2v) is 7.51. The number of hydrogen-bond donors (Lipinski definition) is 2. The first-order valence-electron chi connectivity index (χ1n) is 10.2. The van der Waals surface area contributed by atoms with Crippen molar-refractivity contribution in [2.45, 2.75) is 19.4 Å². The molecule has 160 valence electrons. The fourth-order valence-corrected chi connectivity index (χ4v) is 3.57. The summed E-state index contributed by atoms with van der Waals surface area (Å²) >= 11 is 0. The Morgan fingerprint density at radius 1 is 0.906 bits per heavy atom. The second-order valence-electron chi connectivity index (χ2n) is 7.51. The molecule has 0 spiro atoms. The van der Waals surface area contributed by atoms with Crippen molar-refractivity contribution in [3.8, 4) is 0 Å². The molecule has 4 aromatic rings. The van der Waals surface area contributed by atoms with Gasteiger partial charge in [-0.25, -0.2) is 4.79 Å². The van der Waals surface area contributed by atoms with Crippen LogP contribution in [0.15, 0.2) is 94.1 Å². The summed E-state index contributed by atoms with van der Waals surface area (Å²) in [6.07, 6.45) is 0.0401. The van der Waals surface area contributed by atoms with Gasteiger partial charge in [-0.1, -0.05) is 48.5 Å². The van der Waals surface area contributed by atoms with Gasteiger partial charge in [0.25, 0.3) is 5.91 Å². The predicted octanol–water partition coefficient (Wildman–Crippen LogP) is 4.60.